The summed E-state index contributed by atoms with van der Waals surface area (Å²) in [6, 6.07) is 15.4. The van der Waals surface area contributed by atoms with Crippen molar-refractivity contribution in [2.75, 3.05) is 37.4 Å². The van der Waals surface area contributed by atoms with Gasteiger partial charge in [-0.15, -0.1) is 0 Å². The maximum atomic E-state index is 5.03. The molecule has 8 rings (SSSR count). The fourth-order valence-corrected chi connectivity index (χ4v) is 6.23. The Balaban J connectivity index is 1.18. The molecule has 7 nitrogen and oxygen atoms in total. The van der Waals surface area contributed by atoms with E-state index in [0.29, 0.717) is 17.4 Å². The van der Waals surface area contributed by atoms with Crippen LogP contribution in [0.15, 0.2) is 42.5 Å². The first-order valence-electron chi connectivity index (χ1n) is 11.8. The summed E-state index contributed by atoms with van der Waals surface area (Å²) in [5, 5.41) is 11.1. The second-order valence-corrected chi connectivity index (χ2v) is 10.4. The lowest BCUT2D eigenvalue weighted by molar-refractivity contribution is 0.336. The van der Waals surface area contributed by atoms with Crippen LogP contribution in [0.2, 0.25) is 0 Å². The van der Waals surface area contributed by atoms with Crippen molar-refractivity contribution >= 4 is 17.6 Å². The van der Waals surface area contributed by atoms with E-state index in [2.05, 4.69) is 81.9 Å². The van der Waals surface area contributed by atoms with Crippen molar-refractivity contribution in [1.29, 1.82) is 0 Å². The SMILES string of the molecule is CN(C)CC12C3[C@@H]1[C@@H]2CN3c1nc(Cc2ccccc2)cc(Nc2cc(C3CC3)[nH]n2)n1. The maximum absolute atomic E-state index is 5.03. The van der Waals surface area contributed by atoms with Crippen LogP contribution in [0.25, 0.3) is 0 Å². The van der Waals surface area contributed by atoms with Gasteiger partial charge in [0.25, 0.3) is 0 Å². The Labute approximate surface area is 188 Å². The van der Waals surface area contributed by atoms with Crippen LogP contribution in [0.5, 0.6) is 0 Å². The average Bonchev–Trinajstić information content (AvgIpc) is 3.69. The van der Waals surface area contributed by atoms with Crippen LogP contribution >= 0.6 is 0 Å². The molecule has 0 radical (unpaired) electrons. The molecule has 3 aliphatic carbocycles. The average molecular weight is 428 g/mol. The van der Waals surface area contributed by atoms with Crippen LogP contribution in [-0.2, 0) is 6.42 Å². The van der Waals surface area contributed by atoms with Crippen molar-refractivity contribution in [3.63, 3.8) is 0 Å². The number of nitrogens with one attached hydrogen (secondary N) is 2. The van der Waals surface area contributed by atoms with Gasteiger partial charge in [-0.2, -0.15) is 10.1 Å². The molecule has 2 bridgehead atoms. The van der Waals surface area contributed by atoms with Crippen molar-refractivity contribution in [1.82, 2.24) is 25.1 Å². The second-order valence-electron chi connectivity index (χ2n) is 10.4. The van der Waals surface area contributed by atoms with E-state index in [1.807, 2.05) is 0 Å². The zero-order valence-electron chi connectivity index (χ0n) is 18.6. The fraction of sp³-hybridized carbons (Fsp3) is 0.480. The van der Waals surface area contributed by atoms with Crippen molar-refractivity contribution in [2.45, 2.75) is 31.2 Å². The van der Waals surface area contributed by atoms with Gasteiger partial charge in [-0.05, 0) is 44.3 Å². The molecule has 0 amide bonds. The van der Waals surface area contributed by atoms with E-state index < -0.39 is 0 Å². The Morgan fingerprint density at radius 1 is 1.12 bits per heavy atom. The van der Waals surface area contributed by atoms with E-state index >= 15 is 0 Å². The summed E-state index contributed by atoms with van der Waals surface area (Å²) in [7, 11) is 4.37. The van der Waals surface area contributed by atoms with Gasteiger partial charge >= 0.3 is 0 Å². The van der Waals surface area contributed by atoms with Gasteiger partial charge in [0.15, 0.2) is 5.82 Å². The van der Waals surface area contributed by atoms with Crippen LogP contribution in [-0.4, -0.2) is 58.3 Å². The van der Waals surface area contributed by atoms with Crippen LogP contribution in [0.1, 0.15) is 35.7 Å². The van der Waals surface area contributed by atoms with E-state index in [1.165, 1.54) is 30.6 Å². The van der Waals surface area contributed by atoms with E-state index in [0.717, 1.165) is 48.1 Å². The topological polar surface area (TPSA) is 73.0 Å². The normalized spacial score (nSPS) is 29.3. The van der Waals surface area contributed by atoms with Crippen molar-refractivity contribution < 1.29 is 0 Å². The second kappa shape index (κ2) is 6.54. The fourth-order valence-electron chi connectivity index (χ4n) is 6.23. The number of aromatic amines is 1. The lowest BCUT2D eigenvalue weighted by atomic mass is 10.1. The van der Waals surface area contributed by atoms with Gasteiger partial charge in [-0.1, -0.05) is 30.3 Å². The van der Waals surface area contributed by atoms with Gasteiger partial charge in [-0.3, -0.25) is 5.10 Å². The van der Waals surface area contributed by atoms with Crippen LogP contribution < -0.4 is 10.2 Å². The molecule has 1 aromatic carbocycles. The molecule has 32 heavy (non-hydrogen) atoms. The molecule has 2 N–H and O–H groups in total. The minimum atomic E-state index is 0.497. The zero-order chi connectivity index (χ0) is 21.4. The molecule has 2 unspecified atom stereocenters. The molecule has 3 aromatic rings. The third-order valence-electron chi connectivity index (χ3n) is 7.86. The first-order chi connectivity index (χ1) is 15.6. The van der Waals surface area contributed by atoms with E-state index in [1.54, 1.807) is 0 Å². The number of fused-ring (bicyclic) bond motifs is 1. The highest BCUT2D eigenvalue weighted by Crippen LogP contribution is 2.85. The number of anilines is 3. The summed E-state index contributed by atoms with van der Waals surface area (Å²) in [6.45, 7) is 2.27. The standard InChI is InChI=1S/C25H29N7/c1-31(2)14-25-18-13-32(23(25)22(18)25)24-26-17(10-15-6-4-3-5-7-15)11-20(28-24)27-21-12-19(29-30-21)16-8-9-16/h3-7,11-12,16,18,22-23H,8-10,13-14H2,1-2H3,(H2,26,27,28,29,30)/t18-,22-,23?,25?/m0/s1. The molecule has 2 aromatic heterocycles. The van der Waals surface area contributed by atoms with Crippen molar-refractivity contribution in [3.8, 4) is 0 Å². The summed E-state index contributed by atoms with van der Waals surface area (Å²) >= 11 is 0. The molecule has 7 heteroatoms. The number of aromatic nitrogens is 4. The maximum Gasteiger partial charge on any atom is 0.227 e. The first kappa shape index (κ1) is 18.6. The smallest absolute Gasteiger partial charge is 0.227 e. The summed E-state index contributed by atoms with van der Waals surface area (Å²) in [6.07, 6.45) is 3.31. The van der Waals surface area contributed by atoms with Crippen molar-refractivity contribution in [2.24, 2.45) is 17.3 Å². The highest BCUT2D eigenvalue weighted by atomic mass is 15.4. The Hall–Kier alpha value is -2.93. The van der Waals surface area contributed by atoms with Gasteiger partial charge in [-0.25, -0.2) is 4.98 Å². The Bertz CT molecular complexity index is 1160. The van der Waals surface area contributed by atoms with E-state index in [9.17, 15) is 0 Å². The number of hydrogen-bond donors (Lipinski definition) is 2. The van der Waals surface area contributed by atoms with Gasteiger partial charge in [0, 0.05) is 54.7 Å². The highest BCUT2D eigenvalue weighted by molar-refractivity contribution is 5.60. The first-order valence-corrected chi connectivity index (χ1v) is 11.8. The van der Waals surface area contributed by atoms with E-state index in [4.69, 9.17) is 9.97 Å². The summed E-state index contributed by atoms with van der Waals surface area (Å²) in [5.41, 5.74) is 4.03. The lowest BCUT2D eigenvalue weighted by Crippen LogP contribution is -2.28. The summed E-state index contributed by atoms with van der Waals surface area (Å²) in [5.74, 6) is 4.85. The third kappa shape index (κ3) is 2.87. The Morgan fingerprint density at radius 3 is 2.72 bits per heavy atom. The molecule has 4 atom stereocenters. The highest BCUT2D eigenvalue weighted by Gasteiger charge is 2.92. The quantitative estimate of drug-likeness (QED) is 0.574. The van der Waals surface area contributed by atoms with Crippen molar-refractivity contribution in [3.05, 3.63) is 59.4 Å². The molecule has 164 valence electrons. The predicted molar refractivity (Wildman–Crippen MR) is 124 cm³/mol. The number of hydrogen-bond acceptors (Lipinski definition) is 6. The zero-order valence-corrected chi connectivity index (χ0v) is 18.6. The minimum absolute atomic E-state index is 0.497. The van der Waals surface area contributed by atoms with Gasteiger partial charge in [0.05, 0.1) is 5.69 Å². The predicted octanol–water partition coefficient (Wildman–Crippen LogP) is 3.41. The number of H-pyrrole nitrogens is 1. The van der Waals surface area contributed by atoms with Gasteiger partial charge < -0.3 is 15.1 Å². The molecule has 5 aliphatic rings. The lowest BCUT2D eigenvalue weighted by Gasteiger charge is -2.20. The molecular formula is C25H29N7. The van der Waals surface area contributed by atoms with Crippen LogP contribution in [0, 0.1) is 17.3 Å². The third-order valence-corrected chi connectivity index (χ3v) is 7.86. The molecular weight excluding hydrogens is 398 g/mol. The number of nitrogens with zero attached hydrogens (tertiary/aromatic N) is 5. The summed E-state index contributed by atoms with van der Waals surface area (Å²) < 4.78 is 0. The van der Waals surface area contributed by atoms with Crippen LogP contribution in [0.3, 0.4) is 0 Å². The summed E-state index contributed by atoms with van der Waals surface area (Å²) in [4.78, 5) is 14.8. The molecule has 2 aliphatic heterocycles. The molecule has 3 saturated carbocycles. The monoisotopic (exact) mass is 427 g/mol. The largest absolute Gasteiger partial charge is 0.337 e. The number of rotatable bonds is 8. The molecule has 5 fully saturated rings. The Kier molecular flexibility index (Phi) is 3.81. The van der Waals surface area contributed by atoms with Crippen LogP contribution in [0.4, 0.5) is 17.6 Å². The molecule has 4 heterocycles. The van der Waals surface area contributed by atoms with Gasteiger partial charge in [0.1, 0.15) is 5.82 Å². The number of piperidine rings is 1. The minimum Gasteiger partial charge on any atom is -0.337 e. The Morgan fingerprint density at radius 2 is 1.97 bits per heavy atom. The molecule has 0 spiro atoms. The molecule has 2 saturated heterocycles. The van der Waals surface area contributed by atoms with Gasteiger partial charge in [0.2, 0.25) is 5.95 Å². The number of benzene rings is 1. The van der Waals surface area contributed by atoms with E-state index in [-0.39, 0.29) is 0 Å².